The topological polar surface area (TPSA) is 248 Å². The van der Waals surface area contributed by atoms with Crippen LogP contribution in [-0.4, -0.2) is 9.13 Å². The van der Waals surface area contributed by atoms with Crippen LogP contribution in [0.2, 0.25) is 0 Å². The molecule has 0 amide bonds. The van der Waals surface area contributed by atoms with Crippen molar-refractivity contribution in [2.24, 2.45) is 0 Å². The molecule has 0 bridgehead atoms. The zero-order valence-corrected chi connectivity index (χ0v) is 47.6. The van der Waals surface area contributed by atoms with Gasteiger partial charge in [0, 0.05) is 32.7 Å². The Balaban J connectivity index is 1.14. The van der Waals surface area contributed by atoms with Crippen LogP contribution in [0.3, 0.4) is 0 Å². The average Bonchev–Trinajstić information content (AvgIpc) is 1.55. The van der Waals surface area contributed by atoms with Crippen LogP contribution in [-0.2, 0) is 6.18 Å². The molecule has 0 spiro atoms. The number of nitriles is 10. The molecular weight excluding hydrogens is 1150 g/mol. The van der Waals surface area contributed by atoms with Crippen molar-refractivity contribution in [1.82, 2.24) is 9.13 Å². The second-order valence-corrected chi connectivity index (χ2v) is 21.6. The highest BCUT2D eigenvalue weighted by atomic mass is 19.4. The van der Waals surface area contributed by atoms with Crippen molar-refractivity contribution in [3.8, 4) is 139 Å². The summed E-state index contributed by atoms with van der Waals surface area (Å²) in [5.41, 5.74) is 9.93. The predicted octanol–water partition coefficient (Wildman–Crippen LogP) is 17.6. The van der Waals surface area contributed by atoms with E-state index < -0.39 is 11.7 Å². The average molecular weight is 1180 g/mol. The van der Waals surface area contributed by atoms with E-state index in [9.17, 15) is 52.6 Å². The van der Waals surface area contributed by atoms with Crippen LogP contribution in [0.15, 0.2) is 200 Å². The third kappa shape index (κ3) is 9.89. The lowest BCUT2D eigenvalue weighted by molar-refractivity contribution is -0.137. The van der Waals surface area contributed by atoms with E-state index in [-0.39, 0.29) is 66.8 Å². The van der Waals surface area contributed by atoms with E-state index in [1.165, 1.54) is 36.4 Å². The lowest BCUT2D eigenvalue weighted by Crippen LogP contribution is -2.08. The minimum absolute atomic E-state index is 0.119. The Labute approximate surface area is 522 Å². The zero-order chi connectivity index (χ0) is 64.1. The van der Waals surface area contributed by atoms with Gasteiger partial charge in [0.25, 0.3) is 0 Å². The molecule has 0 atom stereocenters. The van der Waals surface area contributed by atoms with Gasteiger partial charge in [-0.15, -0.1) is 0 Å². The fraction of sp³-hybridized carbons (Fsp3) is 0.0130. The molecule has 0 radical (unpaired) electrons. The highest BCUT2D eigenvalue weighted by Crippen LogP contribution is 2.47. The number of aromatic nitrogens is 2. The van der Waals surface area contributed by atoms with Crippen LogP contribution < -0.4 is 0 Å². The lowest BCUT2D eigenvalue weighted by atomic mass is 9.92. The summed E-state index contributed by atoms with van der Waals surface area (Å²) in [6.45, 7) is 0. The molecule has 13 rings (SSSR count). The molecule has 422 valence electrons. The number of hydrogen-bond acceptors (Lipinski definition) is 10. The van der Waals surface area contributed by atoms with Crippen LogP contribution in [0.25, 0.3) is 122 Å². The quantitative estimate of drug-likeness (QED) is 0.139. The van der Waals surface area contributed by atoms with E-state index in [2.05, 4.69) is 54.6 Å². The molecule has 0 N–H and O–H groups in total. The van der Waals surface area contributed by atoms with E-state index in [1.54, 1.807) is 84.9 Å². The Morgan fingerprint density at radius 3 is 0.848 bits per heavy atom. The van der Waals surface area contributed by atoms with Gasteiger partial charge in [0.1, 0.15) is 0 Å². The van der Waals surface area contributed by atoms with Gasteiger partial charge in [-0.05, 0) is 213 Å². The van der Waals surface area contributed by atoms with Crippen molar-refractivity contribution >= 4 is 43.6 Å². The summed E-state index contributed by atoms with van der Waals surface area (Å²) in [6, 6.07) is 76.6. The first-order valence-corrected chi connectivity index (χ1v) is 28.0. The number of benzene rings is 11. The summed E-state index contributed by atoms with van der Waals surface area (Å²) in [6.07, 6.45) is -4.92. The molecule has 0 saturated heterocycles. The highest BCUT2D eigenvalue weighted by Gasteiger charge is 2.35. The summed E-state index contributed by atoms with van der Waals surface area (Å²) >= 11 is 0. The minimum atomic E-state index is -4.92. The van der Waals surface area contributed by atoms with Gasteiger partial charge < -0.3 is 9.13 Å². The van der Waals surface area contributed by atoms with Crippen molar-refractivity contribution in [1.29, 1.82) is 52.6 Å². The molecular formula is C77H33F3N12. The first kappa shape index (κ1) is 56.8. The van der Waals surface area contributed by atoms with Crippen molar-refractivity contribution in [3.05, 3.63) is 261 Å². The summed E-state index contributed by atoms with van der Waals surface area (Å²) in [5.74, 6) is 0. The SMILES string of the molecule is N#Cc1cc(C#N)cc(-c2ccc3c(c2)c2cc(-c4cc(C#N)cc(C#N)c4)ccc2n3-c2ccc(C#N)cc2-c2ccc(-c3ccc(C#N)cc3C(F)(F)F)cc2-n2c3ccc(-c4cc(C#N)cc(C#N)c4)cc3c3cc(-c4cc(C#N)cc(C#N)c4)ccc32)c1. The van der Waals surface area contributed by atoms with Crippen molar-refractivity contribution in [3.63, 3.8) is 0 Å². The molecule has 2 aromatic heterocycles. The van der Waals surface area contributed by atoms with Crippen molar-refractivity contribution in [2.45, 2.75) is 6.18 Å². The van der Waals surface area contributed by atoms with Crippen LogP contribution in [0.1, 0.15) is 61.2 Å². The first-order chi connectivity index (χ1) is 44.7. The summed E-state index contributed by atoms with van der Waals surface area (Å²) in [4.78, 5) is 0. The van der Waals surface area contributed by atoms with Crippen molar-refractivity contribution < 1.29 is 13.2 Å². The van der Waals surface area contributed by atoms with Gasteiger partial charge in [0.2, 0.25) is 0 Å². The Hall–Kier alpha value is -14.3. The third-order valence-electron chi connectivity index (χ3n) is 16.3. The lowest BCUT2D eigenvalue weighted by Gasteiger charge is -2.21. The number of nitrogens with zero attached hydrogens (tertiary/aromatic N) is 12. The molecule has 15 heteroatoms. The van der Waals surface area contributed by atoms with E-state index in [4.69, 9.17) is 0 Å². The van der Waals surface area contributed by atoms with Gasteiger partial charge in [-0.1, -0.05) is 42.5 Å². The fourth-order valence-corrected chi connectivity index (χ4v) is 12.2. The van der Waals surface area contributed by atoms with Crippen LogP contribution >= 0.6 is 0 Å². The van der Waals surface area contributed by atoms with Crippen LogP contribution in [0.5, 0.6) is 0 Å². The second kappa shape index (κ2) is 22.5. The van der Waals surface area contributed by atoms with Gasteiger partial charge in [-0.2, -0.15) is 65.8 Å². The monoisotopic (exact) mass is 1180 g/mol. The summed E-state index contributed by atoms with van der Waals surface area (Å²) < 4.78 is 50.1. The van der Waals surface area contributed by atoms with E-state index in [0.717, 1.165) is 6.07 Å². The summed E-state index contributed by atoms with van der Waals surface area (Å²) in [5, 5.41) is 104. The van der Waals surface area contributed by atoms with E-state index in [1.807, 2.05) is 88.0 Å². The fourth-order valence-electron chi connectivity index (χ4n) is 12.2. The largest absolute Gasteiger partial charge is 0.417 e. The Morgan fingerprint density at radius 2 is 0.522 bits per heavy atom. The number of fused-ring (bicyclic) bond motifs is 6. The molecule has 92 heavy (non-hydrogen) atoms. The molecule has 0 fully saturated rings. The predicted molar refractivity (Wildman–Crippen MR) is 340 cm³/mol. The molecule has 0 aliphatic carbocycles. The molecule has 2 heterocycles. The maximum absolute atomic E-state index is 15.4. The Kier molecular flexibility index (Phi) is 13.9. The number of alkyl halides is 3. The smallest absolute Gasteiger partial charge is 0.309 e. The number of rotatable bonds is 8. The van der Waals surface area contributed by atoms with Gasteiger partial charge in [0.15, 0.2) is 0 Å². The van der Waals surface area contributed by atoms with E-state index in [0.29, 0.717) is 111 Å². The van der Waals surface area contributed by atoms with Crippen LogP contribution in [0, 0.1) is 113 Å². The van der Waals surface area contributed by atoms with Gasteiger partial charge in [0.05, 0.1) is 155 Å². The minimum Gasteiger partial charge on any atom is -0.309 e. The van der Waals surface area contributed by atoms with Gasteiger partial charge in [-0.3, -0.25) is 0 Å². The summed E-state index contributed by atoms with van der Waals surface area (Å²) in [7, 11) is 0. The molecule has 12 nitrogen and oxygen atoms in total. The zero-order valence-electron chi connectivity index (χ0n) is 47.6. The standard InChI is InChI=1S/C77H33F3N12/c78-77(79,80)70-28-45(35-82)1-8-63(70)58-3-9-64(76(33-58)92-74-13-6-56(61-23-50(40-87)17-51(24-61)41-88)31-68(74)69-32-57(7-14-75(69)92)62-25-52(42-89)18-53(26-62)43-90)65-27-44(34-81)2-10-71(65)91-72-11-4-54(59-19-46(36-83)15-47(20-59)37-84)29-66(72)67-30-55(5-12-73(67)91)60-21-48(38-85)16-49(22-60)39-86/h1-33H. The molecule has 0 aliphatic heterocycles. The normalized spacial score (nSPS) is 10.9. The number of halogens is 3. The Bertz CT molecular complexity index is 5510. The van der Waals surface area contributed by atoms with Gasteiger partial charge in [-0.25, -0.2) is 0 Å². The van der Waals surface area contributed by atoms with Gasteiger partial charge >= 0.3 is 6.18 Å². The number of hydrogen-bond donors (Lipinski definition) is 0. The molecule has 0 unspecified atom stereocenters. The molecule has 0 aliphatic rings. The maximum Gasteiger partial charge on any atom is 0.417 e. The highest BCUT2D eigenvalue weighted by molar-refractivity contribution is 6.14. The Morgan fingerprint density at radius 1 is 0.228 bits per heavy atom. The van der Waals surface area contributed by atoms with E-state index >= 15 is 13.2 Å². The van der Waals surface area contributed by atoms with Crippen molar-refractivity contribution in [2.75, 3.05) is 0 Å². The van der Waals surface area contributed by atoms with Crippen LogP contribution in [0.4, 0.5) is 13.2 Å². The molecule has 13 aromatic rings. The second-order valence-electron chi connectivity index (χ2n) is 21.6. The first-order valence-electron chi connectivity index (χ1n) is 28.0. The molecule has 0 saturated carbocycles. The maximum atomic E-state index is 15.4. The molecule has 11 aromatic carbocycles. The third-order valence-corrected chi connectivity index (χ3v) is 16.3.